The van der Waals surface area contributed by atoms with E-state index in [4.69, 9.17) is 42.6 Å². The molecule has 0 bridgehead atoms. The number of carbonyl (C=O) groups excluding carboxylic acids is 3. The smallest absolute Gasteiger partial charge is 0.331 e. The molecule has 10 unspecified atom stereocenters. The molecule has 2 fully saturated rings. The Morgan fingerprint density at radius 1 is 0.788 bits per heavy atom. The molecule has 4 rings (SSSR count). The molecule has 2 aromatic rings. The van der Waals surface area contributed by atoms with Crippen LogP contribution in [0.5, 0.6) is 23.0 Å². The van der Waals surface area contributed by atoms with E-state index in [0.717, 1.165) is 19.9 Å². The highest BCUT2D eigenvalue weighted by molar-refractivity contribution is 5.87. The number of esters is 3. The molecule has 0 amide bonds. The van der Waals surface area contributed by atoms with Gasteiger partial charge in [-0.1, -0.05) is 12.1 Å². The number of carbonyl (C=O) groups is 3. The van der Waals surface area contributed by atoms with Gasteiger partial charge in [0.15, 0.2) is 53.9 Å². The summed E-state index contributed by atoms with van der Waals surface area (Å²) in [5.41, 5.74) is 1.12. The zero-order valence-electron chi connectivity index (χ0n) is 29.1. The molecule has 0 radical (unpaired) electrons. The molecule has 52 heavy (non-hydrogen) atoms. The summed E-state index contributed by atoms with van der Waals surface area (Å²) < 4.78 is 50.1. The fraction of sp³-hybridized carbons (Fsp3) is 0.514. The van der Waals surface area contributed by atoms with Crippen LogP contribution in [0.1, 0.15) is 31.9 Å². The van der Waals surface area contributed by atoms with E-state index in [-0.39, 0.29) is 36.0 Å². The van der Waals surface area contributed by atoms with Crippen molar-refractivity contribution in [1.82, 2.24) is 0 Å². The molecule has 17 heteroatoms. The van der Waals surface area contributed by atoms with Gasteiger partial charge in [-0.2, -0.15) is 0 Å². The molecule has 2 saturated heterocycles. The molecule has 2 aliphatic heterocycles. The third-order valence-electron chi connectivity index (χ3n) is 8.23. The van der Waals surface area contributed by atoms with Crippen LogP contribution >= 0.6 is 0 Å². The Morgan fingerprint density at radius 3 is 2.12 bits per heavy atom. The van der Waals surface area contributed by atoms with Crippen molar-refractivity contribution >= 4 is 24.0 Å². The fourth-order valence-corrected chi connectivity index (χ4v) is 5.69. The maximum Gasteiger partial charge on any atom is 0.331 e. The number of aromatic hydroxyl groups is 2. The Morgan fingerprint density at radius 2 is 1.48 bits per heavy atom. The quantitative estimate of drug-likeness (QED) is 0.102. The van der Waals surface area contributed by atoms with Crippen LogP contribution in [-0.2, 0) is 54.0 Å². The number of rotatable bonds is 14. The van der Waals surface area contributed by atoms with E-state index in [1.54, 1.807) is 12.1 Å². The number of ether oxygens (including phenoxy) is 9. The standard InChI is InChI=1S/C35H44O17/c1-17-28(42)31(48-18(2)37)33(49-19(3)38)35(47-17)52-32-29(43)34(46-13-12-21-7-10-24(44-4)23(40)14-21)50-26(16-36)30(32)51-27(41)11-8-20-6-9-22(39)25(15-20)45-5/h6-11,14-15,17,26,28-36,39-40,42-43H,12-13,16H2,1-5H3/b11-8+. The summed E-state index contributed by atoms with van der Waals surface area (Å²) in [5, 5.41) is 52.8. The van der Waals surface area contributed by atoms with Gasteiger partial charge < -0.3 is 68.2 Å². The summed E-state index contributed by atoms with van der Waals surface area (Å²) in [6.45, 7) is 2.80. The van der Waals surface area contributed by atoms with E-state index in [9.17, 15) is 39.9 Å². The predicted octanol–water partition coefficient (Wildman–Crippen LogP) is 0.732. The lowest BCUT2D eigenvalue weighted by Crippen LogP contribution is -2.65. The van der Waals surface area contributed by atoms with Crippen molar-refractivity contribution in [3.05, 3.63) is 53.6 Å². The zero-order chi connectivity index (χ0) is 38.1. The van der Waals surface area contributed by atoms with E-state index >= 15 is 0 Å². The lowest BCUT2D eigenvalue weighted by molar-refractivity contribution is -0.358. The number of benzene rings is 2. The second-order valence-corrected chi connectivity index (χ2v) is 12.0. The van der Waals surface area contributed by atoms with Gasteiger partial charge in [0.25, 0.3) is 0 Å². The molecule has 5 N–H and O–H groups in total. The summed E-state index contributed by atoms with van der Waals surface area (Å²) in [6.07, 6.45) is -12.2. The molecule has 10 atom stereocenters. The third kappa shape index (κ3) is 10.1. The highest BCUT2D eigenvalue weighted by Crippen LogP contribution is 2.34. The Balaban J connectivity index is 1.62. The second kappa shape index (κ2) is 18.3. The van der Waals surface area contributed by atoms with Crippen LogP contribution in [0.2, 0.25) is 0 Å². The maximum atomic E-state index is 13.2. The highest BCUT2D eigenvalue weighted by atomic mass is 16.8. The minimum absolute atomic E-state index is 0.0601. The zero-order valence-corrected chi connectivity index (χ0v) is 29.1. The second-order valence-electron chi connectivity index (χ2n) is 12.0. The maximum absolute atomic E-state index is 13.2. The number of aliphatic hydroxyl groups is 3. The Bertz CT molecular complexity index is 1560. The number of hydrogen-bond donors (Lipinski definition) is 5. The molecule has 17 nitrogen and oxygen atoms in total. The molecular weight excluding hydrogens is 692 g/mol. The Hall–Kier alpha value is -4.49. The topological polar surface area (TPSA) is 235 Å². The van der Waals surface area contributed by atoms with Gasteiger partial charge in [-0.05, 0) is 54.8 Å². The van der Waals surface area contributed by atoms with Crippen molar-refractivity contribution in [3.63, 3.8) is 0 Å². The van der Waals surface area contributed by atoms with Crippen molar-refractivity contribution in [1.29, 1.82) is 0 Å². The predicted molar refractivity (Wildman–Crippen MR) is 176 cm³/mol. The summed E-state index contributed by atoms with van der Waals surface area (Å²) in [7, 11) is 2.77. The minimum Gasteiger partial charge on any atom is -0.504 e. The summed E-state index contributed by atoms with van der Waals surface area (Å²) >= 11 is 0. The lowest BCUT2D eigenvalue weighted by atomic mass is 9.96. The SMILES string of the molecule is COc1ccc(CCOC2OC(CO)C(OC(=O)/C=C/c3ccc(O)c(OC)c3)C(OC3OC(C)C(O)C(OC(C)=O)C3OC(C)=O)C2O)cc1O. The molecule has 0 saturated carbocycles. The Kier molecular flexibility index (Phi) is 14.2. The number of methoxy groups -OCH3 is 2. The first kappa shape index (κ1) is 40.3. The molecule has 2 aliphatic rings. The molecule has 286 valence electrons. The van der Waals surface area contributed by atoms with Crippen molar-refractivity contribution in [2.24, 2.45) is 0 Å². The monoisotopic (exact) mass is 736 g/mol. The molecule has 2 heterocycles. The molecular formula is C35H44O17. The van der Waals surface area contributed by atoms with Crippen LogP contribution in [0, 0.1) is 0 Å². The average Bonchev–Trinajstić information content (AvgIpc) is 3.10. The largest absolute Gasteiger partial charge is 0.504 e. The van der Waals surface area contributed by atoms with Crippen LogP contribution in [-0.4, -0.2) is 132 Å². The van der Waals surface area contributed by atoms with Gasteiger partial charge >= 0.3 is 17.9 Å². The summed E-state index contributed by atoms with van der Waals surface area (Å²) in [4.78, 5) is 37.2. The van der Waals surface area contributed by atoms with E-state index in [2.05, 4.69) is 0 Å². The van der Waals surface area contributed by atoms with Crippen LogP contribution < -0.4 is 9.47 Å². The van der Waals surface area contributed by atoms with Crippen molar-refractivity contribution in [3.8, 4) is 23.0 Å². The van der Waals surface area contributed by atoms with Crippen LogP contribution in [0.15, 0.2) is 42.5 Å². The number of phenolic OH excluding ortho intramolecular Hbond substituents is 2. The minimum atomic E-state index is -1.74. The average molecular weight is 737 g/mol. The van der Waals surface area contributed by atoms with Gasteiger partial charge in [0.05, 0.1) is 33.5 Å². The molecule has 0 aliphatic carbocycles. The van der Waals surface area contributed by atoms with Gasteiger partial charge in [0.2, 0.25) is 0 Å². The van der Waals surface area contributed by atoms with Crippen LogP contribution in [0.25, 0.3) is 6.08 Å². The van der Waals surface area contributed by atoms with Crippen LogP contribution in [0.3, 0.4) is 0 Å². The van der Waals surface area contributed by atoms with Crippen molar-refractivity contribution < 1.29 is 82.5 Å². The first-order valence-corrected chi connectivity index (χ1v) is 16.3. The first-order valence-electron chi connectivity index (χ1n) is 16.3. The van der Waals surface area contributed by atoms with Gasteiger partial charge in [-0.15, -0.1) is 0 Å². The molecule has 2 aromatic carbocycles. The number of phenols is 2. The fourth-order valence-electron chi connectivity index (χ4n) is 5.69. The summed E-state index contributed by atoms with van der Waals surface area (Å²) in [6, 6.07) is 9.09. The summed E-state index contributed by atoms with van der Waals surface area (Å²) in [5.74, 6) is -2.38. The van der Waals surface area contributed by atoms with E-state index < -0.39 is 85.9 Å². The van der Waals surface area contributed by atoms with Gasteiger partial charge in [0, 0.05) is 19.9 Å². The van der Waals surface area contributed by atoms with Gasteiger partial charge in [-0.3, -0.25) is 9.59 Å². The van der Waals surface area contributed by atoms with Gasteiger partial charge in [0.1, 0.15) is 24.4 Å². The Labute approximate surface area is 299 Å². The number of hydrogen-bond acceptors (Lipinski definition) is 17. The van der Waals surface area contributed by atoms with Crippen LogP contribution in [0.4, 0.5) is 0 Å². The highest BCUT2D eigenvalue weighted by Gasteiger charge is 2.54. The molecule has 0 aromatic heterocycles. The molecule has 0 spiro atoms. The van der Waals surface area contributed by atoms with Crippen molar-refractivity contribution in [2.45, 2.75) is 88.6 Å². The van der Waals surface area contributed by atoms with E-state index in [1.807, 2.05) is 0 Å². The van der Waals surface area contributed by atoms with E-state index in [1.165, 1.54) is 51.5 Å². The number of aliphatic hydroxyl groups excluding tert-OH is 3. The lowest BCUT2D eigenvalue weighted by Gasteiger charge is -2.47. The first-order chi connectivity index (χ1) is 24.8. The third-order valence-corrected chi connectivity index (χ3v) is 8.23. The van der Waals surface area contributed by atoms with E-state index in [0.29, 0.717) is 11.1 Å². The normalized spacial score (nSPS) is 28.9. The van der Waals surface area contributed by atoms with Crippen molar-refractivity contribution in [2.75, 3.05) is 27.4 Å². The van der Waals surface area contributed by atoms with Gasteiger partial charge in [-0.25, -0.2) is 4.79 Å².